The van der Waals surface area contributed by atoms with Crippen molar-refractivity contribution < 1.29 is 4.79 Å². The highest BCUT2D eigenvalue weighted by molar-refractivity contribution is 5.90. The molecule has 2 aliphatic rings. The Labute approximate surface area is 102 Å². The molecule has 1 aliphatic heterocycles. The van der Waals surface area contributed by atoms with Crippen LogP contribution in [0.25, 0.3) is 0 Å². The van der Waals surface area contributed by atoms with Gasteiger partial charge < -0.3 is 5.32 Å². The third-order valence-corrected chi connectivity index (χ3v) is 3.94. The third kappa shape index (κ3) is 2.00. The monoisotopic (exact) mass is 230 g/mol. The van der Waals surface area contributed by atoms with Crippen molar-refractivity contribution in [3.63, 3.8) is 0 Å². The van der Waals surface area contributed by atoms with Gasteiger partial charge in [-0.2, -0.15) is 0 Å². The number of Topliss-reactive ketones (excluding diaryl/α,β-unsaturated/α-hetero) is 1. The lowest BCUT2D eigenvalue weighted by atomic mass is 9.81. The third-order valence-electron chi connectivity index (χ3n) is 3.94. The highest BCUT2D eigenvalue weighted by Crippen LogP contribution is 2.32. The maximum Gasteiger partial charge on any atom is 0.158 e. The maximum absolute atomic E-state index is 12.5. The van der Waals surface area contributed by atoms with Crippen LogP contribution in [0.4, 0.5) is 0 Å². The fourth-order valence-corrected chi connectivity index (χ4v) is 3.06. The standard InChI is InChI=1S/C14H18N2O/c17-14(12-7-3-8-15-12)11-6-1-4-10-5-2-9-16-13(10)11/h2,5,9,11-12,15H,1,3-4,6-8H2. The number of hydrogen-bond donors (Lipinski definition) is 1. The SMILES string of the molecule is O=C(C1CCCN1)C1CCCc2cccnc21. The summed E-state index contributed by atoms with van der Waals surface area (Å²) in [6.45, 7) is 0.984. The molecule has 17 heavy (non-hydrogen) atoms. The highest BCUT2D eigenvalue weighted by Gasteiger charge is 2.33. The summed E-state index contributed by atoms with van der Waals surface area (Å²) in [6, 6.07) is 4.16. The van der Waals surface area contributed by atoms with E-state index in [1.54, 1.807) is 0 Å². The number of hydrogen-bond acceptors (Lipinski definition) is 3. The second-order valence-electron chi connectivity index (χ2n) is 5.04. The van der Waals surface area contributed by atoms with Crippen LogP contribution in [-0.2, 0) is 11.2 Å². The summed E-state index contributed by atoms with van der Waals surface area (Å²) in [5.41, 5.74) is 2.31. The van der Waals surface area contributed by atoms with Crippen LogP contribution < -0.4 is 5.32 Å². The van der Waals surface area contributed by atoms with Crippen molar-refractivity contribution in [3.8, 4) is 0 Å². The number of ketones is 1. The van der Waals surface area contributed by atoms with Crippen molar-refractivity contribution in [1.29, 1.82) is 0 Å². The van der Waals surface area contributed by atoms with E-state index in [0.29, 0.717) is 5.78 Å². The molecule has 1 aromatic heterocycles. The molecule has 3 nitrogen and oxygen atoms in total. The Kier molecular flexibility index (Phi) is 2.93. The number of rotatable bonds is 2. The van der Waals surface area contributed by atoms with Gasteiger partial charge in [0.25, 0.3) is 0 Å². The molecular weight excluding hydrogens is 212 g/mol. The zero-order chi connectivity index (χ0) is 11.7. The molecule has 2 atom stereocenters. The molecule has 0 spiro atoms. The predicted molar refractivity (Wildman–Crippen MR) is 65.9 cm³/mol. The zero-order valence-electron chi connectivity index (χ0n) is 9.98. The van der Waals surface area contributed by atoms with Crippen molar-refractivity contribution in [2.24, 2.45) is 0 Å². The molecule has 90 valence electrons. The van der Waals surface area contributed by atoms with Crippen LogP contribution >= 0.6 is 0 Å². The van der Waals surface area contributed by atoms with E-state index < -0.39 is 0 Å². The topological polar surface area (TPSA) is 42.0 Å². The van der Waals surface area contributed by atoms with E-state index in [0.717, 1.165) is 44.3 Å². The number of aryl methyl sites for hydroxylation is 1. The summed E-state index contributed by atoms with van der Waals surface area (Å²) < 4.78 is 0. The molecule has 1 fully saturated rings. The van der Waals surface area contributed by atoms with Gasteiger partial charge in [0.05, 0.1) is 17.7 Å². The van der Waals surface area contributed by atoms with Crippen LogP contribution in [0.2, 0.25) is 0 Å². The first kappa shape index (κ1) is 10.9. The van der Waals surface area contributed by atoms with Gasteiger partial charge in [0.1, 0.15) is 0 Å². The lowest BCUT2D eigenvalue weighted by molar-refractivity contribution is -0.122. The lowest BCUT2D eigenvalue weighted by Gasteiger charge is -2.25. The van der Waals surface area contributed by atoms with Crippen LogP contribution in [0.15, 0.2) is 18.3 Å². The van der Waals surface area contributed by atoms with Crippen LogP contribution in [0.3, 0.4) is 0 Å². The molecular formula is C14H18N2O. The molecule has 0 aromatic carbocycles. The Bertz CT molecular complexity index is 424. The van der Waals surface area contributed by atoms with Gasteiger partial charge in [-0.3, -0.25) is 9.78 Å². The molecule has 0 saturated carbocycles. The predicted octanol–water partition coefficient (Wildman–Crippen LogP) is 1.82. The Morgan fingerprint density at radius 2 is 2.29 bits per heavy atom. The summed E-state index contributed by atoms with van der Waals surface area (Å²) in [4.78, 5) is 16.9. The minimum absolute atomic E-state index is 0.0375. The van der Waals surface area contributed by atoms with Gasteiger partial charge >= 0.3 is 0 Å². The minimum atomic E-state index is 0.0375. The summed E-state index contributed by atoms with van der Waals surface area (Å²) >= 11 is 0. The number of carbonyl (C=O) groups is 1. The first-order valence-corrected chi connectivity index (χ1v) is 6.57. The van der Waals surface area contributed by atoms with Gasteiger partial charge in [-0.1, -0.05) is 6.07 Å². The van der Waals surface area contributed by atoms with Gasteiger partial charge in [0.15, 0.2) is 5.78 Å². The average Bonchev–Trinajstić information content (AvgIpc) is 2.91. The number of carbonyl (C=O) groups excluding carboxylic acids is 1. The van der Waals surface area contributed by atoms with Gasteiger partial charge in [-0.25, -0.2) is 0 Å². The maximum atomic E-state index is 12.5. The van der Waals surface area contributed by atoms with E-state index >= 15 is 0 Å². The first-order valence-electron chi connectivity index (χ1n) is 6.57. The van der Waals surface area contributed by atoms with Gasteiger partial charge in [0.2, 0.25) is 0 Å². The van der Waals surface area contributed by atoms with E-state index in [2.05, 4.69) is 16.4 Å². The number of pyridine rings is 1. The molecule has 1 aromatic rings. The molecule has 0 radical (unpaired) electrons. The van der Waals surface area contributed by atoms with Crippen molar-refractivity contribution in [2.75, 3.05) is 6.54 Å². The molecule has 2 unspecified atom stereocenters. The minimum Gasteiger partial charge on any atom is -0.307 e. The molecule has 1 aliphatic carbocycles. The Hall–Kier alpha value is -1.22. The Morgan fingerprint density at radius 1 is 1.35 bits per heavy atom. The van der Waals surface area contributed by atoms with Gasteiger partial charge in [0, 0.05) is 6.20 Å². The van der Waals surface area contributed by atoms with Crippen molar-refractivity contribution >= 4 is 5.78 Å². The quantitative estimate of drug-likeness (QED) is 0.842. The van der Waals surface area contributed by atoms with E-state index in [1.807, 2.05) is 12.3 Å². The van der Waals surface area contributed by atoms with Crippen LogP contribution in [0.1, 0.15) is 42.9 Å². The summed E-state index contributed by atoms with van der Waals surface area (Å²) in [5, 5.41) is 3.31. The fraction of sp³-hybridized carbons (Fsp3) is 0.571. The summed E-state index contributed by atoms with van der Waals surface area (Å²) in [7, 11) is 0. The van der Waals surface area contributed by atoms with Gasteiger partial charge in [-0.05, 0) is 50.3 Å². The van der Waals surface area contributed by atoms with Crippen LogP contribution in [0, 0.1) is 0 Å². The molecule has 3 rings (SSSR count). The molecule has 0 bridgehead atoms. The number of aromatic nitrogens is 1. The fourth-order valence-electron chi connectivity index (χ4n) is 3.06. The molecule has 0 amide bonds. The molecule has 2 heterocycles. The Morgan fingerprint density at radius 3 is 3.12 bits per heavy atom. The van der Waals surface area contributed by atoms with E-state index in [1.165, 1.54) is 5.56 Å². The van der Waals surface area contributed by atoms with Crippen molar-refractivity contribution in [1.82, 2.24) is 10.3 Å². The van der Waals surface area contributed by atoms with Crippen molar-refractivity contribution in [2.45, 2.75) is 44.1 Å². The number of nitrogens with zero attached hydrogens (tertiary/aromatic N) is 1. The number of fused-ring (bicyclic) bond motifs is 1. The second-order valence-corrected chi connectivity index (χ2v) is 5.04. The summed E-state index contributed by atoms with van der Waals surface area (Å²) in [6.07, 6.45) is 7.09. The van der Waals surface area contributed by atoms with E-state index in [9.17, 15) is 4.79 Å². The largest absolute Gasteiger partial charge is 0.307 e. The van der Waals surface area contributed by atoms with E-state index in [4.69, 9.17) is 0 Å². The molecule has 3 heteroatoms. The number of nitrogens with one attached hydrogen (secondary N) is 1. The molecule has 1 saturated heterocycles. The second kappa shape index (κ2) is 4.57. The zero-order valence-corrected chi connectivity index (χ0v) is 9.98. The smallest absolute Gasteiger partial charge is 0.158 e. The van der Waals surface area contributed by atoms with Crippen LogP contribution in [0.5, 0.6) is 0 Å². The van der Waals surface area contributed by atoms with E-state index in [-0.39, 0.29) is 12.0 Å². The normalized spacial score (nSPS) is 27.8. The highest BCUT2D eigenvalue weighted by atomic mass is 16.1. The Balaban J connectivity index is 1.86. The van der Waals surface area contributed by atoms with Gasteiger partial charge in [-0.15, -0.1) is 0 Å². The molecule has 1 N–H and O–H groups in total. The van der Waals surface area contributed by atoms with Crippen molar-refractivity contribution in [3.05, 3.63) is 29.6 Å². The van der Waals surface area contributed by atoms with Crippen LogP contribution in [-0.4, -0.2) is 23.4 Å². The lowest BCUT2D eigenvalue weighted by Crippen LogP contribution is -2.36. The average molecular weight is 230 g/mol. The summed E-state index contributed by atoms with van der Waals surface area (Å²) in [5.74, 6) is 0.401. The first-order chi connectivity index (χ1) is 8.36.